The van der Waals surface area contributed by atoms with Crippen molar-refractivity contribution in [2.24, 2.45) is 0 Å². The Morgan fingerprint density at radius 2 is 1.88 bits per heavy atom. The van der Waals surface area contributed by atoms with Crippen molar-refractivity contribution in [2.45, 2.75) is 39.2 Å². The number of hydrogen-bond acceptors (Lipinski definition) is 2. The predicted molar refractivity (Wildman–Crippen MR) is 67.7 cm³/mol. The Kier molecular flexibility index (Phi) is 3.32. The Morgan fingerprint density at radius 1 is 1.24 bits per heavy atom. The van der Waals surface area contributed by atoms with Crippen molar-refractivity contribution in [3.63, 3.8) is 0 Å². The van der Waals surface area contributed by atoms with Gasteiger partial charge in [0.05, 0.1) is 0 Å². The fraction of sp³-hybridized carbons (Fsp3) is 0.400. The first-order valence-electron chi connectivity index (χ1n) is 6.03. The molecule has 0 amide bonds. The molecule has 2 nitrogen and oxygen atoms in total. The summed E-state index contributed by atoms with van der Waals surface area (Å²) >= 11 is 0. The molecule has 0 spiro atoms. The van der Waals surface area contributed by atoms with Crippen LogP contribution in [-0.2, 0) is 9.53 Å². The van der Waals surface area contributed by atoms with E-state index in [-0.39, 0.29) is 12.1 Å². The van der Waals surface area contributed by atoms with Gasteiger partial charge in [-0.3, -0.25) is 0 Å². The largest absolute Gasteiger partial charge is 0.454 e. The van der Waals surface area contributed by atoms with Gasteiger partial charge in [0.2, 0.25) is 0 Å². The van der Waals surface area contributed by atoms with Gasteiger partial charge in [-0.2, -0.15) is 0 Å². The molecule has 1 aromatic carbocycles. The van der Waals surface area contributed by atoms with E-state index in [0.717, 1.165) is 17.6 Å². The molecule has 0 N–H and O–H groups in total. The van der Waals surface area contributed by atoms with E-state index in [1.807, 2.05) is 32.0 Å². The van der Waals surface area contributed by atoms with Crippen molar-refractivity contribution in [3.05, 3.63) is 47.0 Å². The number of carbonyl (C=O) groups is 1. The van der Waals surface area contributed by atoms with Crippen LogP contribution in [0.4, 0.5) is 0 Å². The summed E-state index contributed by atoms with van der Waals surface area (Å²) in [5.74, 6) is 0.239. The maximum absolute atomic E-state index is 11.4. The third kappa shape index (κ3) is 2.41. The molecule has 1 heterocycles. The summed E-state index contributed by atoms with van der Waals surface area (Å²) in [6.07, 6.45) is 0.816. The van der Waals surface area contributed by atoms with Gasteiger partial charge in [-0.25, -0.2) is 4.79 Å². The van der Waals surface area contributed by atoms with Crippen LogP contribution in [0.1, 0.15) is 38.7 Å². The van der Waals surface area contributed by atoms with Crippen molar-refractivity contribution in [2.75, 3.05) is 0 Å². The van der Waals surface area contributed by atoms with E-state index in [4.69, 9.17) is 4.74 Å². The second kappa shape index (κ2) is 4.74. The standard InChI is InChI=1S/C15H18O2/c1-10(13-7-5-4-6-8-13)9-14-11(2)12(3)15(16)17-14/h4-8,10,14H,9H2,1-3H3. The summed E-state index contributed by atoms with van der Waals surface area (Å²) in [7, 11) is 0. The second-order valence-corrected chi connectivity index (χ2v) is 4.75. The van der Waals surface area contributed by atoms with Crippen LogP contribution < -0.4 is 0 Å². The third-order valence-corrected chi connectivity index (χ3v) is 3.57. The van der Waals surface area contributed by atoms with Crippen LogP contribution >= 0.6 is 0 Å². The van der Waals surface area contributed by atoms with Crippen LogP contribution in [0, 0.1) is 0 Å². The van der Waals surface area contributed by atoms with Gasteiger partial charge in [-0.15, -0.1) is 0 Å². The minimum atomic E-state index is -0.159. The molecule has 2 rings (SSSR count). The molecule has 0 saturated heterocycles. The van der Waals surface area contributed by atoms with E-state index in [2.05, 4.69) is 19.1 Å². The minimum absolute atomic E-state index is 0.0438. The van der Waals surface area contributed by atoms with Crippen LogP contribution in [0.5, 0.6) is 0 Å². The lowest BCUT2D eigenvalue weighted by atomic mass is 9.92. The highest BCUT2D eigenvalue weighted by Crippen LogP contribution is 2.30. The SMILES string of the molecule is CC1=C(C)C(CC(C)c2ccccc2)OC1=O. The Labute approximate surface area is 102 Å². The molecule has 0 aliphatic carbocycles. The Balaban J connectivity index is 2.06. The number of benzene rings is 1. The molecule has 0 aromatic heterocycles. The minimum Gasteiger partial charge on any atom is -0.454 e. The Morgan fingerprint density at radius 3 is 2.41 bits per heavy atom. The zero-order valence-corrected chi connectivity index (χ0v) is 10.6. The summed E-state index contributed by atoms with van der Waals surface area (Å²) in [6, 6.07) is 10.3. The van der Waals surface area contributed by atoms with Crippen molar-refractivity contribution in [1.82, 2.24) is 0 Å². The smallest absolute Gasteiger partial charge is 0.334 e. The highest BCUT2D eigenvalue weighted by Gasteiger charge is 2.29. The maximum Gasteiger partial charge on any atom is 0.334 e. The van der Waals surface area contributed by atoms with Gasteiger partial charge in [-0.05, 0) is 37.3 Å². The molecule has 2 unspecified atom stereocenters. The quantitative estimate of drug-likeness (QED) is 0.743. The van der Waals surface area contributed by atoms with Gasteiger partial charge in [0.15, 0.2) is 0 Å². The number of cyclic esters (lactones) is 1. The van der Waals surface area contributed by atoms with Gasteiger partial charge in [-0.1, -0.05) is 37.3 Å². The molecule has 0 saturated carbocycles. The first-order chi connectivity index (χ1) is 8.09. The highest BCUT2D eigenvalue weighted by atomic mass is 16.5. The van der Waals surface area contributed by atoms with Crippen LogP contribution in [0.15, 0.2) is 41.5 Å². The molecule has 90 valence electrons. The topological polar surface area (TPSA) is 26.3 Å². The summed E-state index contributed by atoms with van der Waals surface area (Å²) in [4.78, 5) is 11.4. The second-order valence-electron chi connectivity index (χ2n) is 4.75. The van der Waals surface area contributed by atoms with E-state index in [9.17, 15) is 4.79 Å². The Hall–Kier alpha value is -1.57. The zero-order valence-electron chi connectivity index (χ0n) is 10.6. The van der Waals surface area contributed by atoms with Crippen molar-refractivity contribution in [3.8, 4) is 0 Å². The Bertz CT molecular complexity index is 445. The maximum atomic E-state index is 11.4. The molecule has 17 heavy (non-hydrogen) atoms. The predicted octanol–water partition coefficient (Wildman–Crippen LogP) is 3.44. The van der Waals surface area contributed by atoms with Crippen LogP contribution in [0.3, 0.4) is 0 Å². The molecule has 0 fully saturated rings. The zero-order chi connectivity index (χ0) is 12.4. The van der Waals surface area contributed by atoms with E-state index in [1.165, 1.54) is 5.56 Å². The first-order valence-corrected chi connectivity index (χ1v) is 6.03. The fourth-order valence-electron chi connectivity index (χ4n) is 2.17. The lowest BCUT2D eigenvalue weighted by Crippen LogP contribution is -2.14. The van der Waals surface area contributed by atoms with E-state index >= 15 is 0 Å². The molecule has 1 aliphatic rings. The number of carbonyl (C=O) groups excluding carboxylic acids is 1. The van der Waals surface area contributed by atoms with E-state index in [1.54, 1.807) is 0 Å². The summed E-state index contributed by atoms with van der Waals surface area (Å²) in [6.45, 7) is 6.00. The average molecular weight is 230 g/mol. The first kappa shape index (κ1) is 11.9. The van der Waals surface area contributed by atoms with Gasteiger partial charge in [0.1, 0.15) is 6.10 Å². The van der Waals surface area contributed by atoms with Crippen LogP contribution in [-0.4, -0.2) is 12.1 Å². The van der Waals surface area contributed by atoms with E-state index in [0.29, 0.717) is 5.92 Å². The van der Waals surface area contributed by atoms with Gasteiger partial charge in [0, 0.05) is 5.57 Å². The van der Waals surface area contributed by atoms with Crippen molar-refractivity contribution < 1.29 is 9.53 Å². The molecular weight excluding hydrogens is 212 g/mol. The molecule has 2 atom stereocenters. The van der Waals surface area contributed by atoms with E-state index < -0.39 is 0 Å². The third-order valence-electron chi connectivity index (χ3n) is 3.57. The molecule has 1 aliphatic heterocycles. The highest BCUT2D eigenvalue weighted by molar-refractivity contribution is 5.91. The van der Waals surface area contributed by atoms with Crippen molar-refractivity contribution in [1.29, 1.82) is 0 Å². The monoisotopic (exact) mass is 230 g/mol. The fourth-order valence-corrected chi connectivity index (χ4v) is 2.17. The van der Waals surface area contributed by atoms with Crippen LogP contribution in [0.2, 0.25) is 0 Å². The van der Waals surface area contributed by atoms with Gasteiger partial charge in [0.25, 0.3) is 0 Å². The molecular formula is C15H18O2. The van der Waals surface area contributed by atoms with Gasteiger partial charge < -0.3 is 4.74 Å². The number of ether oxygens (including phenoxy) is 1. The lowest BCUT2D eigenvalue weighted by molar-refractivity contribution is -0.140. The summed E-state index contributed by atoms with van der Waals surface area (Å²) in [5, 5.41) is 0. The molecule has 0 bridgehead atoms. The summed E-state index contributed by atoms with van der Waals surface area (Å²) in [5.41, 5.74) is 3.15. The average Bonchev–Trinajstić information content (AvgIpc) is 2.58. The normalized spacial score (nSPS) is 21.6. The molecule has 2 heteroatoms. The summed E-state index contributed by atoms with van der Waals surface area (Å²) < 4.78 is 5.36. The van der Waals surface area contributed by atoms with Crippen LogP contribution in [0.25, 0.3) is 0 Å². The lowest BCUT2D eigenvalue weighted by Gasteiger charge is -2.17. The molecule has 0 radical (unpaired) electrons. The number of rotatable bonds is 3. The van der Waals surface area contributed by atoms with Gasteiger partial charge >= 0.3 is 5.97 Å². The number of esters is 1. The van der Waals surface area contributed by atoms with Crippen molar-refractivity contribution >= 4 is 5.97 Å². The molecule has 1 aromatic rings. The number of hydrogen-bond donors (Lipinski definition) is 0.